The normalized spacial score (nSPS) is 12.1. The van der Waals surface area contributed by atoms with Gasteiger partial charge in [0.25, 0.3) is 5.56 Å². The fourth-order valence-electron chi connectivity index (χ4n) is 3.82. The van der Waals surface area contributed by atoms with Crippen molar-refractivity contribution in [2.75, 3.05) is 19.8 Å². The van der Waals surface area contributed by atoms with Gasteiger partial charge in [0, 0.05) is 25.5 Å². The van der Waals surface area contributed by atoms with E-state index >= 15 is 0 Å². The van der Waals surface area contributed by atoms with Crippen LogP contribution >= 0.6 is 11.8 Å². The standard InChI is InChI=1S/C25H31N3O5S/c1-6-32-14-10-13-28-23(30)18-11-8-9-12-19(18)27-25(28)34-17(5)22(29)21-15(3)20(16(4)26-21)24(31)33-7-2/h8-9,11-12,17,26H,6-7,10,13-14H2,1-5H3. The lowest BCUT2D eigenvalue weighted by atomic mass is 10.1. The minimum Gasteiger partial charge on any atom is -0.462 e. The van der Waals surface area contributed by atoms with Gasteiger partial charge in [0.15, 0.2) is 10.9 Å². The van der Waals surface area contributed by atoms with Crippen molar-refractivity contribution >= 4 is 34.4 Å². The van der Waals surface area contributed by atoms with E-state index in [9.17, 15) is 14.4 Å². The number of nitrogens with zero attached hydrogens (tertiary/aromatic N) is 2. The number of hydrogen-bond acceptors (Lipinski definition) is 7. The lowest BCUT2D eigenvalue weighted by Gasteiger charge is -2.16. The van der Waals surface area contributed by atoms with E-state index in [1.165, 1.54) is 11.8 Å². The Morgan fingerprint density at radius 2 is 1.91 bits per heavy atom. The SMILES string of the molecule is CCOCCCn1c(SC(C)C(=O)c2[nH]c(C)c(C(=O)OCC)c2C)nc2ccccc2c1=O. The summed E-state index contributed by atoms with van der Waals surface area (Å²) in [5.74, 6) is -0.628. The summed E-state index contributed by atoms with van der Waals surface area (Å²) in [4.78, 5) is 46.6. The lowest BCUT2D eigenvalue weighted by Crippen LogP contribution is -2.26. The molecule has 0 saturated carbocycles. The van der Waals surface area contributed by atoms with Crippen molar-refractivity contribution < 1.29 is 19.1 Å². The number of carbonyl (C=O) groups excluding carboxylic acids is 2. The maximum atomic E-state index is 13.3. The molecule has 0 saturated heterocycles. The number of ketones is 1. The molecule has 0 bridgehead atoms. The summed E-state index contributed by atoms with van der Waals surface area (Å²) >= 11 is 1.23. The predicted molar refractivity (Wildman–Crippen MR) is 133 cm³/mol. The predicted octanol–water partition coefficient (Wildman–Crippen LogP) is 4.31. The first-order chi connectivity index (χ1) is 16.3. The van der Waals surface area contributed by atoms with Crippen molar-refractivity contribution in [2.45, 2.75) is 58.0 Å². The molecule has 3 rings (SSSR count). The molecule has 34 heavy (non-hydrogen) atoms. The van der Waals surface area contributed by atoms with Crippen LogP contribution in [0.2, 0.25) is 0 Å². The van der Waals surface area contributed by atoms with Crippen LogP contribution in [0.15, 0.2) is 34.2 Å². The molecule has 1 unspecified atom stereocenters. The molecular weight excluding hydrogens is 454 g/mol. The summed E-state index contributed by atoms with van der Waals surface area (Å²) in [6.07, 6.45) is 0.654. The smallest absolute Gasteiger partial charge is 0.340 e. The van der Waals surface area contributed by atoms with Crippen molar-refractivity contribution in [3.8, 4) is 0 Å². The van der Waals surface area contributed by atoms with Crippen LogP contribution in [0.4, 0.5) is 0 Å². The second-order valence-corrected chi connectivity index (χ2v) is 9.20. The Labute approximate surface area is 203 Å². The van der Waals surface area contributed by atoms with E-state index in [0.29, 0.717) is 64.8 Å². The Hall–Kier alpha value is -2.91. The topological polar surface area (TPSA) is 103 Å². The number of ether oxygens (including phenoxy) is 2. The first kappa shape index (κ1) is 25.7. The van der Waals surface area contributed by atoms with E-state index in [0.717, 1.165) is 0 Å². The third-order valence-corrected chi connectivity index (χ3v) is 6.61. The zero-order valence-corrected chi connectivity index (χ0v) is 21.1. The van der Waals surface area contributed by atoms with Crippen LogP contribution in [0.3, 0.4) is 0 Å². The van der Waals surface area contributed by atoms with Gasteiger partial charge >= 0.3 is 5.97 Å². The molecule has 0 amide bonds. The Balaban J connectivity index is 1.92. The van der Waals surface area contributed by atoms with Crippen LogP contribution in [0.1, 0.15) is 59.3 Å². The van der Waals surface area contributed by atoms with Crippen LogP contribution in [-0.4, -0.2) is 51.4 Å². The summed E-state index contributed by atoms with van der Waals surface area (Å²) in [6, 6.07) is 7.20. The monoisotopic (exact) mass is 485 g/mol. The number of para-hydroxylation sites is 1. The van der Waals surface area contributed by atoms with Crippen molar-refractivity contribution in [3.05, 3.63) is 57.1 Å². The van der Waals surface area contributed by atoms with Crippen LogP contribution in [0, 0.1) is 13.8 Å². The highest BCUT2D eigenvalue weighted by Gasteiger charge is 2.27. The third kappa shape index (κ3) is 5.42. The number of benzene rings is 1. The van der Waals surface area contributed by atoms with Gasteiger partial charge in [-0.2, -0.15) is 0 Å². The number of nitrogens with one attached hydrogen (secondary N) is 1. The molecule has 0 aliphatic rings. The number of H-pyrrole nitrogens is 1. The van der Waals surface area contributed by atoms with E-state index in [1.807, 2.05) is 19.1 Å². The largest absolute Gasteiger partial charge is 0.462 e. The fourth-order valence-corrected chi connectivity index (χ4v) is 4.82. The average Bonchev–Trinajstić information content (AvgIpc) is 3.11. The molecule has 0 radical (unpaired) electrons. The summed E-state index contributed by atoms with van der Waals surface area (Å²) in [5, 5.41) is 0.475. The van der Waals surface area contributed by atoms with Gasteiger partial charge in [0.1, 0.15) is 0 Å². The molecule has 2 heterocycles. The number of esters is 1. The van der Waals surface area contributed by atoms with E-state index in [4.69, 9.17) is 14.5 Å². The number of aromatic nitrogens is 3. The van der Waals surface area contributed by atoms with Gasteiger partial charge in [0.2, 0.25) is 0 Å². The quantitative estimate of drug-likeness (QED) is 0.142. The minimum atomic E-state index is -0.544. The van der Waals surface area contributed by atoms with Crippen molar-refractivity contribution in [1.82, 2.24) is 14.5 Å². The first-order valence-corrected chi connectivity index (χ1v) is 12.3. The van der Waals surface area contributed by atoms with Crippen molar-refractivity contribution in [1.29, 1.82) is 0 Å². The van der Waals surface area contributed by atoms with Gasteiger partial charge in [0.05, 0.1) is 34.0 Å². The van der Waals surface area contributed by atoms with Crippen LogP contribution in [-0.2, 0) is 16.0 Å². The average molecular weight is 486 g/mol. The van der Waals surface area contributed by atoms with Gasteiger partial charge in [-0.05, 0) is 58.7 Å². The summed E-state index contributed by atoms with van der Waals surface area (Å²) in [7, 11) is 0. The Morgan fingerprint density at radius 1 is 1.18 bits per heavy atom. The van der Waals surface area contributed by atoms with Gasteiger partial charge < -0.3 is 14.5 Å². The molecular formula is C25H31N3O5S. The van der Waals surface area contributed by atoms with Crippen LogP contribution < -0.4 is 5.56 Å². The summed E-state index contributed by atoms with van der Waals surface area (Å²) < 4.78 is 12.2. The number of aryl methyl sites for hydroxylation is 1. The van der Waals surface area contributed by atoms with Gasteiger partial charge in [-0.3, -0.25) is 14.2 Å². The summed E-state index contributed by atoms with van der Waals surface area (Å²) in [6.45, 7) is 10.8. The molecule has 0 aliphatic heterocycles. The number of thioether (sulfide) groups is 1. The Kier molecular flexibility index (Phi) is 8.68. The zero-order chi connectivity index (χ0) is 24.8. The highest BCUT2D eigenvalue weighted by molar-refractivity contribution is 8.00. The van der Waals surface area contributed by atoms with Crippen LogP contribution in [0.5, 0.6) is 0 Å². The summed E-state index contributed by atoms with van der Waals surface area (Å²) in [5.41, 5.74) is 2.36. The second kappa shape index (κ2) is 11.5. The molecule has 8 nitrogen and oxygen atoms in total. The first-order valence-electron chi connectivity index (χ1n) is 11.4. The molecule has 1 aromatic carbocycles. The number of hydrogen-bond donors (Lipinski definition) is 1. The van der Waals surface area contributed by atoms with E-state index in [-0.39, 0.29) is 17.9 Å². The van der Waals surface area contributed by atoms with Crippen molar-refractivity contribution in [2.24, 2.45) is 0 Å². The second-order valence-electron chi connectivity index (χ2n) is 7.89. The number of carbonyl (C=O) groups is 2. The molecule has 9 heteroatoms. The maximum Gasteiger partial charge on any atom is 0.340 e. The molecule has 2 aromatic heterocycles. The maximum absolute atomic E-state index is 13.3. The molecule has 1 atom stereocenters. The number of fused-ring (bicyclic) bond motifs is 1. The molecule has 0 aliphatic carbocycles. The van der Waals surface area contributed by atoms with Crippen LogP contribution in [0.25, 0.3) is 10.9 Å². The van der Waals surface area contributed by atoms with E-state index < -0.39 is 11.2 Å². The number of rotatable bonds is 11. The number of aromatic amines is 1. The fraction of sp³-hybridized carbons (Fsp3) is 0.440. The lowest BCUT2D eigenvalue weighted by molar-refractivity contribution is 0.0525. The molecule has 0 spiro atoms. The number of Topliss-reactive ketones (excluding diaryl/α,β-unsaturated/α-hetero) is 1. The van der Waals surface area contributed by atoms with E-state index in [1.54, 1.807) is 44.4 Å². The highest BCUT2D eigenvalue weighted by Crippen LogP contribution is 2.28. The Bertz CT molecular complexity index is 1250. The van der Waals surface area contributed by atoms with E-state index in [2.05, 4.69) is 4.98 Å². The Morgan fingerprint density at radius 3 is 2.62 bits per heavy atom. The van der Waals surface area contributed by atoms with Gasteiger partial charge in [-0.25, -0.2) is 9.78 Å². The molecule has 0 fully saturated rings. The highest BCUT2D eigenvalue weighted by atomic mass is 32.2. The van der Waals surface area contributed by atoms with Gasteiger partial charge in [-0.1, -0.05) is 23.9 Å². The zero-order valence-electron chi connectivity index (χ0n) is 20.3. The van der Waals surface area contributed by atoms with Crippen molar-refractivity contribution in [3.63, 3.8) is 0 Å². The molecule has 182 valence electrons. The minimum absolute atomic E-state index is 0.138. The van der Waals surface area contributed by atoms with Gasteiger partial charge in [-0.15, -0.1) is 0 Å². The molecule has 3 aromatic rings. The molecule has 1 N–H and O–H groups in total. The third-order valence-electron chi connectivity index (χ3n) is 5.52.